The Morgan fingerprint density at radius 3 is 2.51 bits per heavy atom. The number of methoxy groups -OCH3 is 1. The van der Waals surface area contributed by atoms with Crippen LogP contribution in [0.1, 0.15) is 79.4 Å². The summed E-state index contributed by atoms with van der Waals surface area (Å²) in [4.78, 5) is 56.9. The van der Waals surface area contributed by atoms with E-state index in [2.05, 4.69) is 28.0 Å². The number of likely N-dealkylation sites (tertiary alicyclic amines) is 1. The molecule has 1 saturated heterocycles. The van der Waals surface area contributed by atoms with Crippen LogP contribution in [0.3, 0.4) is 0 Å². The van der Waals surface area contributed by atoms with Gasteiger partial charge in [-0.15, -0.1) is 0 Å². The topological polar surface area (TPSA) is 144 Å². The van der Waals surface area contributed by atoms with Crippen molar-refractivity contribution < 1.29 is 28.7 Å². The van der Waals surface area contributed by atoms with Crippen molar-refractivity contribution in [2.75, 3.05) is 32.1 Å². The van der Waals surface area contributed by atoms with E-state index in [9.17, 15) is 19.2 Å². The minimum Gasteiger partial charge on any atom is -0.493 e. The maximum atomic E-state index is 14.5. The van der Waals surface area contributed by atoms with Gasteiger partial charge < -0.3 is 25.4 Å². The van der Waals surface area contributed by atoms with Crippen LogP contribution in [-0.4, -0.2) is 71.3 Å². The smallest absolute Gasteiger partial charge is 0.410 e. The van der Waals surface area contributed by atoms with Gasteiger partial charge in [0.15, 0.2) is 0 Å². The van der Waals surface area contributed by atoms with Crippen molar-refractivity contribution >= 4 is 29.5 Å². The van der Waals surface area contributed by atoms with Crippen LogP contribution in [0.15, 0.2) is 60.8 Å². The lowest BCUT2D eigenvalue weighted by Gasteiger charge is -2.41. The number of para-hydroxylation sites is 1. The quantitative estimate of drug-likeness (QED) is 0.305. The Hall–Kier alpha value is -4.87. The van der Waals surface area contributed by atoms with Crippen molar-refractivity contribution in [1.29, 1.82) is 0 Å². The Morgan fingerprint density at radius 2 is 1.82 bits per heavy atom. The molecule has 4 amide bonds. The van der Waals surface area contributed by atoms with Crippen molar-refractivity contribution in [1.82, 2.24) is 25.3 Å². The predicted octanol–water partition coefficient (Wildman–Crippen LogP) is 4.48. The van der Waals surface area contributed by atoms with Crippen LogP contribution in [-0.2, 0) is 26.9 Å². The second kappa shape index (κ2) is 12.5. The Kier molecular flexibility index (Phi) is 8.36. The number of amides is 4. The largest absolute Gasteiger partial charge is 0.493 e. The molecule has 2 saturated carbocycles. The zero-order chi connectivity index (χ0) is 34.4. The van der Waals surface area contributed by atoms with Crippen LogP contribution in [0.4, 0.5) is 10.5 Å². The summed E-state index contributed by atoms with van der Waals surface area (Å²) in [6.07, 6.45) is 6.94. The highest BCUT2D eigenvalue weighted by Crippen LogP contribution is 2.61. The molecule has 2 unspecified atom stereocenters. The number of nitrogens with one attached hydrogen (secondary N) is 3. The molecule has 2 aromatic carbocycles. The molecule has 0 radical (unpaired) electrons. The van der Waals surface area contributed by atoms with Gasteiger partial charge in [0, 0.05) is 48.9 Å². The summed E-state index contributed by atoms with van der Waals surface area (Å²) < 4.78 is 12.8. The van der Waals surface area contributed by atoms with E-state index >= 15 is 0 Å². The molecule has 3 atom stereocenters. The van der Waals surface area contributed by atoms with E-state index in [4.69, 9.17) is 9.47 Å². The molecular weight excluding hydrogens is 624 g/mol. The fraction of sp³-hybridized carbons (Fsp3) is 0.486. The van der Waals surface area contributed by atoms with Crippen molar-refractivity contribution in [2.24, 2.45) is 17.9 Å². The molecule has 2 aliphatic carbocycles. The molecule has 12 heteroatoms. The average molecular weight is 669 g/mol. The number of anilines is 1. The van der Waals surface area contributed by atoms with E-state index in [1.54, 1.807) is 37.5 Å². The van der Waals surface area contributed by atoms with Crippen molar-refractivity contribution in [3.05, 3.63) is 77.6 Å². The lowest BCUT2D eigenvalue weighted by atomic mass is 9.70. The molecule has 12 nitrogen and oxygen atoms in total. The van der Waals surface area contributed by atoms with E-state index in [1.165, 1.54) is 16.7 Å². The predicted molar refractivity (Wildman–Crippen MR) is 181 cm³/mol. The third kappa shape index (κ3) is 5.80. The van der Waals surface area contributed by atoms with E-state index in [0.717, 1.165) is 37.7 Å². The molecule has 3 fully saturated rings. The van der Waals surface area contributed by atoms with Crippen molar-refractivity contribution in [3.63, 3.8) is 0 Å². The molecule has 3 N–H and O–H groups in total. The summed E-state index contributed by atoms with van der Waals surface area (Å²) in [5.41, 5.74) is 0.676. The van der Waals surface area contributed by atoms with Crippen LogP contribution in [0.25, 0.3) is 0 Å². The van der Waals surface area contributed by atoms with Gasteiger partial charge in [0.2, 0.25) is 5.91 Å². The third-order valence-electron chi connectivity index (χ3n) is 11.3. The summed E-state index contributed by atoms with van der Waals surface area (Å²) in [5, 5.41) is 13.4. The van der Waals surface area contributed by atoms with Gasteiger partial charge in [-0.1, -0.05) is 43.7 Å². The van der Waals surface area contributed by atoms with Crippen LogP contribution < -0.4 is 20.7 Å². The van der Waals surface area contributed by atoms with Crippen LogP contribution in [0.2, 0.25) is 0 Å². The van der Waals surface area contributed by atoms with Gasteiger partial charge in [0.05, 0.1) is 13.7 Å². The Morgan fingerprint density at radius 1 is 1.02 bits per heavy atom. The highest BCUT2D eigenvalue weighted by Gasteiger charge is 2.58. The number of aromatic nitrogens is 2. The van der Waals surface area contributed by atoms with E-state index < -0.39 is 29.5 Å². The van der Waals surface area contributed by atoms with Gasteiger partial charge in [-0.3, -0.25) is 24.0 Å². The molecule has 258 valence electrons. The Balaban J connectivity index is 1.22. The van der Waals surface area contributed by atoms with E-state index in [0.29, 0.717) is 55.2 Å². The molecule has 1 aromatic heterocycles. The van der Waals surface area contributed by atoms with Crippen molar-refractivity contribution in [3.8, 4) is 5.75 Å². The number of carbonyl (C=O) groups excluding carboxylic acids is 4. The van der Waals surface area contributed by atoms with Crippen LogP contribution >= 0.6 is 0 Å². The average Bonchev–Trinajstić information content (AvgIpc) is 3.48. The Labute approximate surface area is 285 Å². The number of hydrogen-bond donors (Lipinski definition) is 3. The maximum Gasteiger partial charge on any atom is 0.410 e. The zero-order valence-corrected chi connectivity index (χ0v) is 28.3. The first kappa shape index (κ1) is 32.7. The lowest BCUT2D eigenvalue weighted by molar-refractivity contribution is -0.132. The van der Waals surface area contributed by atoms with E-state index in [1.807, 2.05) is 30.3 Å². The minimum atomic E-state index is -1.31. The molecule has 49 heavy (non-hydrogen) atoms. The SMILES string of the molecule is COC(=O)N1CCCC1(C(=O)NCC1(C)CCC1)c1cccc(NC(=O)[C@@H](NC(=O)c2ccnn2C)C2c3ccccc3OCC23CC3)c1. The zero-order valence-electron chi connectivity index (χ0n) is 28.3. The van der Waals surface area contributed by atoms with Crippen LogP contribution in [0, 0.1) is 10.8 Å². The molecule has 4 aliphatic rings. The third-order valence-corrected chi connectivity index (χ3v) is 11.3. The van der Waals surface area contributed by atoms with Gasteiger partial charge >= 0.3 is 6.09 Å². The molecular formula is C37H44N6O6. The monoisotopic (exact) mass is 668 g/mol. The molecule has 2 aliphatic heterocycles. The highest BCUT2D eigenvalue weighted by molar-refractivity contribution is 6.01. The van der Waals surface area contributed by atoms with Gasteiger partial charge in [0.25, 0.3) is 11.8 Å². The first-order valence-corrected chi connectivity index (χ1v) is 17.2. The normalized spacial score (nSPS) is 23.3. The fourth-order valence-electron chi connectivity index (χ4n) is 8.09. The maximum absolute atomic E-state index is 14.5. The van der Waals surface area contributed by atoms with Gasteiger partial charge in [-0.05, 0) is 73.8 Å². The Bertz CT molecular complexity index is 1780. The highest BCUT2D eigenvalue weighted by atomic mass is 16.5. The summed E-state index contributed by atoms with van der Waals surface area (Å²) in [6, 6.07) is 15.4. The van der Waals surface area contributed by atoms with Crippen LogP contribution in [0.5, 0.6) is 5.75 Å². The molecule has 7 rings (SSSR count). The number of fused-ring (bicyclic) bond motifs is 1. The second-order valence-corrected chi connectivity index (χ2v) is 14.5. The molecule has 0 bridgehead atoms. The lowest BCUT2D eigenvalue weighted by Crippen LogP contribution is -2.56. The first-order valence-electron chi connectivity index (χ1n) is 17.2. The van der Waals surface area contributed by atoms with Gasteiger partial charge in [-0.25, -0.2) is 4.79 Å². The second-order valence-electron chi connectivity index (χ2n) is 14.5. The number of nitrogens with zero attached hydrogens (tertiary/aromatic N) is 3. The number of benzene rings is 2. The van der Waals surface area contributed by atoms with Gasteiger partial charge in [0.1, 0.15) is 23.0 Å². The number of aryl methyl sites for hydroxylation is 1. The van der Waals surface area contributed by atoms with E-state index in [-0.39, 0.29) is 22.7 Å². The minimum absolute atomic E-state index is 0.0397. The van der Waals surface area contributed by atoms with Crippen molar-refractivity contribution in [2.45, 2.75) is 69.4 Å². The summed E-state index contributed by atoms with van der Waals surface area (Å²) in [5.74, 6) is -0.708. The summed E-state index contributed by atoms with van der Waals surface area (Å²) >= 11 is 0. The summed E-state index contributed by atoms with van der Waals surface area (Å²) in [7, 11) is 3.00. The van der Waals surface area contributed by atoms with Gasteiger partial charge in [-0.2, -0.15) is 5.10 Å². The number of hydrogen-bond acceptors (Lipinski definition) is 7. The standard InChI is InChI=1S/C37H44N6O6/c1-35(14-7-15-35)22-38-33(46)37(16-8-20-43(37)34(47)48-3)24-9-6-10-25(21-24)40-32(45)30(41-31(44)27-13-19-39-42(27)2)29-26-11-4-5-12-28(26)49-23-36(29)17-18-36/h4-6,9-13,19,21,29-30H,7-8,14-18,20,22-23H2,1-3H3,(H,38,46)(H,40,45)(H,41,44)/t29?,30-,37?/m0/s1. The molecule has 1 spiro atoms. The summed E-state index contributed by atoms with van der Waals surface area (Å²) in [6.45, 7) is 3.50. The molecule has 3 aromatic rings. The fourth-order valence-corrected chi connectivity index (χ4v) is 8.09. The number of ether oxygens (including phenoxy) is 2. The number of rotatable bonds is 9. The number of carbonyl (C=O) groups is 4. The first-order chi connectivity index (χ1) is 23.6. The molecule has 3 heterocycles.